The van der Waals surface area contributed by atoms with Crippen LogP contribution in [-0.4, -0.2) is 39.0 Å². The van der Waals surface area contributed by atoms with Gasteiger partial charge in [0.2, 0.25) is 5.91 Å². The molecule has 6 rings (SSSR count). The van der Waals surface area contributed by atoms with Crippen molar-refractivity contribution in [3.8, 4) is 0 Å². The smallest absolute Gasteiger partial charge is 0.303 e. The van der Waals surface area contributed by atoms with Crippen molar-refractivity contribution in [3.05, 3.63) is 35.5 Å². The van der Waals surface area contributed by atoms with Gasteiger partial charge in [-0.25, -0.2) is 0 Å². The minimum atomic E-state index is -0.692. The minimum absolute atomic E-state index is 0.152. The molecule has 2 aliphatic heterocycles. The van der Waals surface area contributed by atoms with Crippen LogP contribution in [0.5, 0.6) is 0 Å². The van der Waals surface area contributed by atoms with E-state index in [1.54, 1.807) is 0 Å². The zero-order chi connectivity index (χ0) is 23.3. The Hall–Kier alpha value is -2.30. The number of nitrogens with one attached hydrogen (secondary N) is 1. The van der Waals surface area contributed by atoms with E-state index in [0.29, 0.717) is 36.2 Å². The number of nitrogens with zero attached hydrogens (tertiary/aromatic N) is 1. The van der Waals surface area contributed by atoms with Crippen LogP contribution in [0.2, 0.25) is 0 Å². The predicted molar refractivity (Wildman–Crippen MR) is 130 cm³/mol. The number of carbonyl (C=O) groups excluding carboxylic acids is 1. The summed E-state index contributed by atoms with van der Waals surface area (Å²) in [6.07, 6.45) is 10.2. The molecule has 2 saturated carbocycles. The van der Waals surface area contributed by atoms with Gasteiger partial charge in [-0.15, -0.1) is 0 Å². The zero-order valence-electron chi connectivity index (χ0n) is 20.3. The number of piperidine rings is 2. The summed E-state index contributed by atoms with van der Waals surface area (Å²) < 4.78 is 0. The molecule has 0 radical (unpaired) electrons. The molecule has 4 unspecified atom stereocenters. The Balaban J connectivity index is 1.34. The SMILES string of the molecule is CCC(C)c1cccc2[nH]cc(C(C)CC(=O)N3C4CC5CC3CC(CCC(=O)O)(C5)C4)c12. The van der Waals surface area contributed by atoms with E-state index in [0.717, 1.165) is 44.0 Å². The standard InChI is InChI=1S/C28H38N2O3/c1-4-17(2)22-6-5-7-24-27(22)23(16-29-24)18(3)10-25(31)30-20-11-19-12-21(30)15-28(13-19,14-20)9-8-26(32)33/h5-7,16-21,29H,4,8-15H2,1-3H3,(H,32,33). The molecule has 1 aromatic heterocycles. The molecule has 5 heteroatoms. The number of hydrogen-bond donors (Lipinski definition) is 2. The van der Waals surface area contributed by atoms with E-state index >= 15 is 0 Å². The number of fused-ring (bicyclic) bond motifs is 1. The van der Waals surface area contributed by atoms with Crippen molar-refractivity contribution < 1.29 is 14.7 Å². The van der Waals surface area contributed by atoms with Gasteiger partial charge in [0.1, 0.15) is 0 Å². The molecule has 4 atom stereocenters. The van der Waals surface area contributed by atoms with Crippen LogP contribution < -0.4 is 0 Å². The van der Waals surface area contributed by atoms with Crippen LogP contribution in [0.3, 0.4) is 0 Å². The Morgan fingerprint density at radius 2 is 1.85 bits per heavy atom. The number of carboxylic acid groups (broad SMARTS) is 1. The van der Waals surface area contributed by atoms with Gasteiger partial charge in [-0.05, 0) is 85.3 Å². The van der Waals surface area contributed by atoms with E-state index in [4.69, 9.17) is 0 Å². The summed E-state index contributed by atoms with van der Waals surface area (Å²) in [5.74, 6) is 0.920. The summed E-state index contributed by atoms with van der Waals surface area (Å²) in [6.45, 7) is 6.70. The Morgan fingerprint density at radius 1 is 1.12 bits per heavy atom. The van der Waals surface area contributed by atoms with Crippen molar-refractivity contribution in [1.29, 1.82) is 0 Å². The fourth-order valence-corrected chi connectivity index (χ4v) is 7.61. The van der Waals surface area contributed by atoms with Gasteiger partial charge in [-0.1, -0.05) is 32.9 Å². The zero-order valence-corrected chi connectivity index (χ0v) is 20.3. The van der Waals surface area contributed by atoms with Crippen LogP contribution >= 0.6 is 0 Å². The Morgan fingerprint density at radius 3 is 2.52 bits per heavy atom. The van der Waals surface area contributed by atoms with E-state index in [-0.39, 0.29) is 17.8 Å². The molecule has 3 heterocycles. The van der Waals surface area contributed by atoms with Gasteiger partial charge in [0.25, 0.3) is 0 Å². The number of aromatic amines is 1. The number of H-pyrrole nitrogens is 1. The molecule has 2 saturated heterocycles. The summed E-state index contributed by atoms with van der Waals surface area (Å²) in [7, 11) is 0. The molecule has 0 spiro atoms. The highest BCUT2D eigenvalue weighted by atomic mass is 16.4. The molecule has 2 aromatic rings. The molecule has 2 aliphatic carbocycles. The van der Waals surface area contributed by atoms with Crippen LogP contribution in [0.1, 0.15) is 102 Å². The first-order chi connectivity index (χ1) is 15.8. The lowest BCUT2D eigenvalue weighted by atomic mass is 9.54. The second-order valence-electron chi connectivity index (χ2n) is 11.4. The number of carboxylic acids is 1. The third kappa shape index (κ3) is 3.98. The van der Waals surface area contributed by atoms with Gasteiger partial charge in [-0.3, -0.25) is 9.59 Å². The number of carbonyl (C=O) groups is 2. The summed E-state index contributed by atoms with van der Waals surface area (Å²) in [5.41, 5.74) is 3.95. The highest BCUT2D eigenvalue weighted by Crippen LogP contribution is 2.58. The molecule has 5 nitrogen and oxygen atoms in total. The van der Waals surface area contributed by atoms with Crippen molar-refractivity contribution in [3.63, 3.8) is 0 Å². The molecule has 33 heavy (non-hydrogen) atoms. The van der Waals surface area contributed by atoms with Crippen LogP contribution in [0.4, 0.5) is 0 Å². The topological polar surface area (TPSA) is 73.4 Å². The first kappa shape index (κ1) is 22.5. The Kier molecular flexibility index (Phi) is 5.78. The van der Waals surface area contributed by atoms with Crippen molar-refractivity contribution >= 4 is 22.8 Å². The Bertz CT molecular complexity index is 1040. The van der Waals surface area contributed by atoms with E-state index in [2.05, 4.69) is 55.1 Å². The second kappa shape index (κ2) is 8.48. The van der Waals surface area contributed by atoms with Crippen molar-refractivity contribution in [2.45, 2.75) is 102 Å². The fraction of sp³-hybridized carbons (Fsp3) is 0.643. The summed E-state index contributed by atoms with van der Waals surface area (Å²) in [4.78, 5) is 30.5. The third-order valence-electron chi connectivity index (χ3n) is 9.14. The summed E-state index contributed by atoms with van der Waals surface area (Å²) in [6, 6.07) is 7.12. The van der Waals surface area contributed by atoms with Gasteiger partial charge in [-0.2, -0.15) is 0 Å². The van der Waals surface area contributed by atoms with Crippen molar-refractivity contribution in [2.24, 2.45) is 11.3 Å². The first-order valence-corrected chi connectivity index (χ1v) is 12.9. The van der Waals surface area contributed by atoms with E-state index in [1.807, 2.05) is 0 Å². The number of rotatable bonds is 8. The van der Waals surface area contributed by atoms with E-state index < -0.39 is 5.97 Å². The molecule has 4 aliphatic rings. The first-order valence-electron chi connectivity index (χ1n) is 12.9. The highest BCUT2D eigenvalue weighted by molar-refractivity contribution is 5.88. The predicted octanol–water partition coefficient (Wildman–Crippen LogP) is 6.20. The molecular weight excluding hydrogens is 412 g/mol. The average Bonchev–Trinajstić information content (AvgIpc) is 3.21. The van der Waals surface area contributed by atoms with Gasteiger partial charge in [0, 0.05) is 42.0 Å². The molecule has 178 valence electrons. The van der Waals surface area contributed by atoms with Crippen LogP contribution in [0.15, 0.2) is 24.4 Å². The number of hydrogen-bond acceptors (Lipinski definition) is 2. The summed E-state index contributed by atoms with van der Waals surface area (Å²) >= 11 is 0. The second-order valence-corrected chi connectivity index (χ2v) is 11.4. The average molecular weight is 451 g/mol. The van der Waals surface area contributed by atoms with Gasteiger partial charge >= 0.3 is 5.97 Å². The van der Waals surface area contributed by atoms with Crippen molar-refractivity contribution in [1.82, 2.24) is 9.88 Å². The largest absolute Gasteiger partial charge is 0.481 e. The maximum absolute atomic E-state index is 13.6. The van der Waals surface area contributed by atoms with Gasteiger partial charge in [0.15, 0.2) is 0 Å². The Labute approximate surface area is 196 Å². The fourth-order valence-electron chi connectivity index (χ4n) is 7.61. The quantitative estimate of drug-likeness (QED) is 0.503. The lowest BCUT2D eigenvalue weighted by molar-refractivity contribution is -0.161. The maximum atomic E-state index is 13.6. The maximum Gasteiger partial charge on any atom is 0.303 e. The lowest BCUT2D eigenvalue weighted by Crippen LogP contribution is -2.63. The lowest BCUT2D eigenvalue weighted by Gasteiger charge is -2.62. The number of benzene rings is 1. The van der Waals surface area contributed by atoms with E-state index in [1.165, 1.54) is 22.9 Å². The van der Waals surface area contributed by atoms with Crippen LogP contribution in [-0.2, 0) is 9.59 Å². The number of aromatic nitrogens is 1. The third-order valence-corrected chi connectivity index (χ3v) is 9.14. The molecule has 1 amide bonds. The normalized spacial score (nSPS) is 30.0. The van der Waals surface area contributed by atoms with Gasteiger partial charge < -0.3 is 15.0 Å². The number of aliphatic carboxylic acids is 1. The van der Waals surface area contributed by atoms with Crippen LogP contribution in [0, 0.1) is 11.3 Å². The number of amides is 1. The molecule has 2 N–H and O–H groups in total. The monoisotopic (exact) mass is 450 g/mol. The molecule has 1 aromatic carbocycles. The highest BCUT2D eigenvalue weighted by Gasteiger charge is 2.55. The minimum Gasteiger partial charge on any atom is -0.481 e. The molecule has 4 bridgehead atoms. The van der Waals surface area contributed by atoms with Crippen molar-refractivity contribution in [2.75, 3.05) is 0 Å². The molecule has 4 fully saturated rings. The summed E-state index contributed by atoms with van der Waals surface area (Å²) in [5, 5.41) is 10.5. The van der Waals surface area contributed by atoms with Gasteiger partial charge in [0.05, 0.1) is 0 Å². The van der Waals surface area contributed by atoms with Crippen LogP contribution in [0.25, 0.3) is 10.9 Å². The molecular formula is C28H38N2O3. The van der Waals surface area contributed by atoms with E-state index in [9.17, 15) is 14.7 Å².